The zero-order chi connectivity index (χ0) is 9.52. The fourth-order valence-electron chi connectivity index (χ4n) is 1.51. The van der Waals surface area contributed by atoms with Crippen molar-refractivity contribution >= 4 is 0 Å². The zero-order valence-corrected chi connectivity index (χ0v) is 8.16. The molecule has 0 bridgehead atoms. The van der Waals surface area contributed by atoms with Crippen LogP contribution in [0.5, 0.6) is 0 Å². The molecule has 1 heteroatoms. The lowest BCUT2D eigenvalue weighted by Gasteiger charge is -2.14. The zero-order valence-electron chi connectivity index (χ0n) is 8.16. The lowest BCUT2D eigenvalue weighted by atomic mass is 9.96. The van der Waals surface area contributed by atoms with Crippen LogP contribution in [0.1, 0.15) is 17.9 Å². The van der Waals surface area contributed by atoms with E-state index in [2.05, 4.69) is 36.2 Å². The topological polar surface area (TPSA) is 12.0 Å². The fraction of sp³-hybridized carbons (Fsp3) is 0.333. The summed E-state index contributed by atoms with van der Waals surface area (Å²) in [5.74, 6) is 0.559. The molecule has 0 aliphatic carbocycles. The van der Waals surface area contributed by atoms with Crippen molar-refractivity contribution in [2.24, 2.45) is 0 Å². The Labute approximate surface area is 80.5 Å². The van der Waals surface area contributed by atoms with Gasteiger partial charge in [-0.05, 0) is 24.9 Å². The average Bonchev–Trinajstić information content (AvgIpc) is 2.19. The summed E-state index contributed by atoms with van der Waals surface area (Å²) in [5.41, 5.74) is 1.39. The van der Waals surface area contributed by atoms with Crippen LogP contribution >= 0.6 is 0 Å². The molecule has 0 fully saturated rings. The molecule has 1 rings (SSSR count). The van der Waals surface area contributed by atoms with Crippen molar-refractivity contribution in [2.45, 2.75) is 12.3 Å². The summed E-state index contributed by atoms with van der Waals surface area (Å²) in [5, 5.41) is 3.20. The van der Waals surface area contributed by atoms with Crippen LogP contribution in [0.25, 0.3) is 0 Å². The molecule has 0 amide bonds. The minimum Gasteiger partial charge on any atom is -0.319 e. The van der Waals surface area contributed by atoms with Gasteiger partial charge in [-0.1, -0.05) is 36.4 Å². The Balaban J connectivity index is 2.69. The van der Waals surface area contributed by atoms with Crippen LogP contribution in [0.3, 0.4) is 0 Å². The van der Waals surface area contributed by atoms with Crippen LogP contribution < -0.4 is 5.32 Å². The van der Waals surface area contributed by atoms with Crippen molar-refractivity contribution in [3.63, 3.8) is 0 Å². The van der Waals surface area contributed by atoms with E-state index in [0.717, 1.165) is 13.0 Å². The Morgan fingerprint density at radius 3 is 2.62 bits per heavy atom. The van der Waals surface area contributed by atoms with Gasteiger partial charge in [-0.15, -0.1) is 6.58 Å². The van der Waals surface area contributed by atoms with E-state index < -0.39 is 0 Å². The lowest BCUT2D eigenvalue weighted by Crippen LogP contribution is -2.16. The van der Waals surface area contributed by atoms with E-state index in [1.807, 2.05) is 19.2 Å². The Hall–Kier alpha value is -1.08. The monoisotopic (exact) mass is 175 g/mol. The summed E-state index contributed by atoms with van der Waals surface area (Å²) in [6.07, 6.45) is 3.01. The maximum Gasteiger partial charge on any atom is 0.00201 e. The minimum atomic E-state index is 0.559. The van der Waals surface area contributed by atoms with Crippen molar-refractivity contribution < 1.29 is 0 Å². The van der Waals surface area contributed by atoms with E-state index in [-0.39, 0.29) is 0 Å². The van der Waals surface area contributed by atoms with E-state index in [0.29, 0.717) is 5.92 Å². The molecule has 0 spiro atoms. The Kier molecular flexibility index (Phi) is 4.27. The molecule has 1 nitrogen and oxygen atoms in total. The second-order valence-electron chi connectivity index (χ2n) is 3.19. The molecule has 0 unspecified atom stereocenters. The second kappa shape index (κ2) is 5.55. The largest absolute Gasteiger partial charge is 0.319 e. The molecule has 0 heterocycles. The standard InChI is InChI=1S/C12H17N/c1-3-7-12(10-13-2)11-8-5-4-6-9-11/h3-6,8-9,12-13H,1,7,10H2,2H3/t12-/m0/s1. The molecular formula is C12H17N. The number of hydrogen-bond acceptors (Lipinski definition) is 1. The molecule has 0 saturated carbocycles. The normalized spacial score (nSPS) is 12.4. The van der Waals surface area contributed by atoms with Crippen molar-refractivity contribution in [1.29, 1.82) is 0 Å². The first kappa shape index (κ1) is 10.0. The average molecular weight is 175 g/mol. The van der Waals surface area contributed by atoms with Gasteiger partial charge in [0.15, 0.2) is 0 Å². The molecule has 1 aromatic rings. The summed E-state index contributed by atoms with van der Waals surface area (Å²) < 4.78 is 0. The Morgan fingerprint density at radius 1 is 1.38 bits per heavy atom. The highest BCUT2D eigenvalue weighted by Crippen LogP contribution is 2.18. The number of allylic oxidation sites excluding steroid dienone is 1. The maximum absolute atomic E-state index is 3.78. The summed E-state index contributed by atoms with van der Waals surface area (Å²) in [4.78, 5) is 0. The first-order valence-electron chi connectivity index (χ1n) is 4.69. The predicted octanol–water partition coefficient (Wildman–Crippen LogP) is 2.57. The van der Waals surface area contributed by atoms with Crippen molar-refractivity contribution in [3.05, 3.63) is 48.6 Å². The third-order valence-electron chi connectivity index (χ3n) is 2.17. The minimum absolute atomic E-state index is 0.559. The van der Waals surface area contributed by atoms with Gasteiger partial charge in [0, 0.05) is 6.54 Å². The smallest absolute Gasteiger partial charge is 0.00201 e. The molecule has 1 atom stereocenters. The van der Waals surface area contributed by atoms with Gasteiger partial charge in [-0.25, -0.2) is 0 Å². The number of likely N-dealkylation sites (N-methyl/N-ethyl adjacent to an activating group) is 1. The molecule has 1 N–H and O–H groups in total. The maximum atomic E-state index is 3.78. The number of nitrogens with one attached hydrogen (secondary N) is 1. The van der Waals surface area contributed by atoms with Gasteiger partial charge >= 0.3 is 0 Å². The lowest BCUT2D eigenvalue weighted by molar-refractivity contribution is 0.636. The predicted molar refractivity (Wildman–Crippen MR) is 57.9 cm³/mol. The second-order valence-corrected chi connectivity index (χ2v) is 3.19. The molecule has 0 radical (unpaired) electrons. The number of rotatable bonds is 5. The molecule has 70 valence electrons. The summed E-state index contributed by atoms with van der Waals surface area (Å²) in [6.45, 7) is 4.79. The highest BCUT2D eigenvalue weighted by atomic mass is 14.8. The van der Waals surface area contributed by atoms with Crippen molar-refractivity contribution in [3.8, 4) is 0 Å². The van der Waals surface area contributed by atoms with Crippen LogP contribution in [0.2, 0.25) is 0 Å². The van der Waals surface area contributed by atoms with Crippen LogP contribution in [0, 0.1) is 0 Å². The van der Waals surface area contributed by atoms with Gasteiger partial charge < -0.3 is 5.32 Å². The van der Waals surface area contributed by atoms with E-state index in [9.17, 15) is 0 Å². The van der Waals surface area contributed by atoms with E-state index >= 15 is 0 Å². The van der Waals surface area contributed by atoms with Gasteiger partial charge in [0.2, 0.25) is 0 Å². The molecule has 0 saturated heterocycles. The summed E-state index contributed by atoms with van der Waals surface area (Å²) >= 11 is 0. The number of benzene rings is 1. The first-order valence-corrected chi connectivity index (χ1v) is 4.69. The molecule has 0 aromatic heterocycles. The summed E-state index contributed by atoms with van der Waals surface area (Å²) in [7, 11) is 1.99. The third kappa shape index (κ3) is 3.03. The quantitative estimate of drug-likeness (QED) is 0.678. The third-order valence-corrected chi connectivity index (χ3v) is 2.17. The highest BCUT2D eigenvalue weighted by Gasteiger charge is 2.07. The van der Waals surface area contributed by atoms with Crippen LogP contribution in [-0.2, 0) is 0 Å². The number of hydrogen-bond donors (Lipinski definition) is 1. The van der Waals surface area contributed by atoms with Crippen molar-refractivity contribution in [1.82, 2.24) is 5.32 Å². The van der Waals surface area contributed by atoms with Crippen LogP contribution in [0.4, 0.5) is 0 Å². The van der Waals surface area contributed by atoms with Crippen LogP contribution in [-0.4, -0.2) is 13.6 Å². The molecule has 1 aromatic carbocycles. The van der Waals surface area contributed by atoms with Crippen LogP contribution in [0.15, 0.2) is 43.0 Å². The van der Waals surface area contributed by atoms with Gasteiger partial charge in [0.1, 0.15) is 0 Å². The molecular weight excluding hydrogens is 158 g/mol. The van der Waals surface area contributed by atoms with Crippen molar-refractivity contribution in [2.75, 3.05) is 13.6 Å². The SMILES string of the molecule is C=CC[C@@H](CNC)c1ccccc1. The molecule has 0 aliphatic rings. The van der Waals surface area contributed by atoms with Gasteiger partial charge in [0.25, 0.3) is 0 Å². The first-order chi connectivity index (χ1) is 6.38. The van der Waals surface area contributed by atoms with Gasteiger partial charge in [-0.3, -0.25) is 0 Å². The molecule has 0 aliphatic heterocycles. The molecule has 13 heavy (non-hydrogen) atoms. The Morgan fingerprint density at radius 2 is 2.08 bits per heavy atom. The summed E-state index contributed by atoms with van der Waals surface area (Å²) in [6, 6.07) is 10.6. The fourth-order valence-corrected chi connectivity index (χ4v) is 1.51. The van der Waals surface area contributed by atoms with E-state index in [4.69, 9.17) is 0 Å². The highest BCUT2D eigenvalue weighted by molar-refractivity contribution is 5.20. The van der Waals surface area contributed by atoms with E-state index in [1.54, 1.807) is 0 Å². The Bertz CT molecular complexity index is 241. The van der Waals surface area contributed by atoms with Gasteiger partial charge in [-0.2, -0.15) is 0 Å². The van der Waals surface area contributed by atoms with Gasteiger partial charge in [0.05, 0.1) is 0 Å². The van der Waals surface area contributed by atoms with E-state index in [1.165, 1.54) is 5.56 Å².